The maximum absolute atomic E-state index is 10.6. The molecule has 5 nitrogen and oxygen atoms in total. The van der Waals surface area contributed by atoms with Crippen LogP contribution in [0.3, 0.4) is 0 Å². The second-order valence-electron chi connectivity index (χ2n) is 8.96. The van der Waals surface area contributed by atoms with Gasteiger partial charge in [-0.1, -0.05) is 54.6 Å². The number of piperidine rings is 1. The van der Waals surface area contributed by atoms with Gasteiger partial charge in [0.15, 0.2) is 0 Å². The minimum absolute atomic E-state index is 0.00656. The molecule has 0 aliphatic carbocycles. The van der Waals surface area contributed by atoms with Crippen LogP contribution in [0.15, 0.2) is 66.7 Å². The highest BCUT2D eigenvalue weighted by atomic mass is 16.6. The lowest BCUT2D eigenvalue weighted by Crippen LogP contribution is -2.54. The molecule has 1 spiro atoms. The first kappa shape index (κ1) is 21.3. The molecule has 1 N–H and O–H groups in total. The van der Waals surface area contributed by atoms with E-state index in [0.29, 0.717) is 13.2 Å². The van der Waals surface area contributed by atoms with Crippen molar-refractivity contribution in [2.45, 2.75) is 44.2 Å². The van der Waals surface area contributed by atoms with Crippen LogP contribution < -0.4 is 9.47 Å². The molecule has 5 heteroatoms. The number of β-amino-alcohol motifs (C(OH)–C–C–N with tert-alkyl or cyclic N) is 1. The van der Waals surface area contributed by atoms with Gasteiger partial charge in [0.2, 0.25) is 0 Å². The summed E-state index contributed by atoms with van der Waals surface area (Å²) in [4.78, 5) is 2.30. The maximum Gasteiger partial charge on any atom is 0.127 e. The first-order valence-corrected chi connectivity index (χ1v) is 11.5. The molecular weight excluding hydrogens is 402 g/mol. The average molecular weight is 434 g/mol. The smallest absolute Gasteiger partial charge is 0.127 e. The highest BCUT2D eigenvalue weighted by molar-refractivity contribution is 5.88. The molecule has 0 bridgehead atoms. The Morgan fingerprint density at radius 3 is 2.66 bits per heavy atom. The van der Waals surface area contributed by atoms with E-state index in [9.17, 15) is 5.11 Å². The van der Waals surface area contributed by atoms with E-state index in [0.717, 1.165) is 53.8 Å². The van der Waals surface area contributed by atoms with Crippen LogP contribution in [0.25, 0.3) is 10.8 Å². The monoisotopic (exact) mass is 433 g/mol. The van der Waals surface area contributed by atoms with Crippen molar-refractivity contribution < 1.29 is 19.3 Å². The number of ether oxygens (including phenoxy) is 3. The number of rotatable bonds is 5. The van der Waals surface area contributed by atoms with Crippen molar-refractivity contribution in [3.05, 3.63) is 72.3 Å². The Morgan fingerprint density at radius 1 is 1.03 bits per heavy atom. The number of nitrogens with zero attached hydrogens (tertiary/aromatic N) is 1. The van der Waals surface area contributed by atoms with Gasteiger partial charge in [0.25, 0.3) is 0 Å². The van der Waals surface area contributed by atoms with Crippen molar-refractivity contribution in [1.82, 2.24) is 4.90 Å². The summed E-state index contributed by atoms with van der Waals surface area (Å²) in [5.74, 6) is 1.75. The topological polar surface area (TPSA) is 51.2 Å². The summed E-state index contributed by atoms with van der Waals surface area (Å²) in [5.41, 5.74) is 0.833. The van der Waals surface area contributed by atoms with Gasteiger partial charge < -0.3 is 24.2 Å². The highest BCUT2D eigenvalue weighted by Gasteiger charge is 2.43. The predicted octanol–water partition coefficient (Wildman–Crippen LogP) is 4.41. The number of hydrogen-bond donors (Lipinski definition) is 1. The minimum atomic E-state index is -0.545. The van der Waals surface area contributed by atoms with Gasteiger partial charge in [0.1, 0.15) is 35.9 Å². The molecule has 1 saturated heterocycles. The fourth-order valence-corrected chi connectivity index (χ4v) is 4.90. The molecule has 168 valence electrons. The summed E-state index contributed by atoms with van der Waals surface area (Å²) in [6, 6.07) is 22.3. The Bertz CT molecular complexity index is 1050. The number of fused-ring (bicyclic) bond motifs is 2. The molecule has 2 heterocycles. The van der Waals surface area contributed by atoms with Crippen LogP contribution in [0.5, 0.6) is 11.5 Å². The van der Waals surface area contributed by atoms with Crippen LogP contribution in [-0.4, -0.2) is 54.1 Å². The average Bonchev–Trinajstić information content (AvgIpc) is 2.96. The lowest BCUT2D eigenvalue weighted by molar-refractivity contribution is -0.138. The zero-order valence-electron chi connectivity index (χ0n) is 18.6. The van der Waals surface area contributed by atoms with Crippen LogP contribution in [-0.2, 0) is 11.3 Å². The van der Waals surface area contributed by atoms with Gasteiger partial charge in [0, 0.05) is 30.6 Å². The summed E-state index contributed by atoms with van der Waals surface area (Å²) < 4.78 is 18.7. The molecule has 2 aliphatic heterocycles. The largest absolute Gasteiger partial charge is 0.490 e. The number of hydrogen-bond acceptors (Lipinski definition) is 5. The number of likely N-dealkylation sites (tertiary alicyclic amines) is 1. The van der Waals surface area contributed by atoms with E-state index >= 15 is 0 Å². The Hall–Kier alpha value is -2.60. The lowest BCUT2D eigenvalue weighted by Gasteiger charge is -2.44. The summed E-state index contributed by atoms with van der Waals surface area (Å²) in [5, 5.41) is 12.8. The van der Waals surface area contributed by atoms with Crippen LogP contribution in [0.1, 0.15) is 25.3 Å². The van der Waals surface area contributed by atoms with E-state index in [1.807, 2.05) is 42.5 Å². The van der Waals surface area contributed by atoms with Gasteiger partial charge in [-0.25, -0.2) is 0 Å². The fraction of sp³-hybridized carbons (Fsp3) is 0.407. The number of benzene rings is 3. The molecule has 5 rings (SSSR count). The molecule has 1 fully saturated rings. The standard InChI is InChI=1S/C27H31NO4/c1-20-27(31-18-22-8-3-5-11-25(22)32-20)13-15-28(16-14-27)17-23(29)19-30-26-12-6-9-21-7-2-4-10-24(21)26/h2-12,20,23,29H,13-19H2,1H3. The third kappa shape index (κ3) is 4.33. The molecule has 3 aromatic carbocycles. The predicted molar refractivity (Wildman–Crippen MR) is 125 cm³/mol. The summed E-state index contributed by atoms with van der Waals surface area (Å²) in [6.45, 7) is 5.31. The number of para-hydroxylation sites is 1. The quantitative estimate of drug-likeness (QED) is 0.646. The molecule has 0 radical (unpaired) electrons. The van der Waals surface area contributed by atoms with Gasteiger partial charge in [-0.3, -0.25) is 0 Å². The van der Waals surface area contributed by atoms with Crippen LogP contribution >= 0.6 is 0 Å². The van der Waals surface area contributed by atoms with E-state index in [1.165, 1.54) is 0 Å². The first-order valence-electron chi connectivity index (χ1n) is 11.5. The van der Waals surface area contributed by atoms with Crippen molar-refractivity contribution in [1.29, 1.82) is 0 Å². The zero-order chi connectivity index (χ0) is 22.0. The van der Waals surface area contributed by atoms with Crippen molar-refractivity contribution in [3.8, 4) is 11.5 Å². The van der Waals surface area contributed by atoms with Crippen LogP contribution in [0.2, 0.25) is 0 Å². The Kier molecular flexibility index (Phi) is 6.05. The Balaban J connectivity index is 1.15. The van der Waals surface area contributed by atoms with Gasteiger partial charge in [0.05, 0.1) is 6.61 Å². The summed E-state index contributed by atoms with van der Waals surface area (Å²) >= 11 is 0. The molecule has 2 atom stereocenters. The van der Waals surface area contributed by atoms with Crippen molar-refractivity contribution in [2.75, 3.05) is 26.2 Å². The van der Waals surface area contributed by atoms with E-state index in [4.69, 9.17) is 14.2 Å². The van der Waals surface area contributed by atoms with E-state index in [2.05, 4.69) is 36.1 Å². The number of aliphatic hydroxyl groups excluding tert-OH is 1. The second-order valence-corrected chi connectivity index (χ2v) is 8.96. The second kappa shape index (κ2) is 9.10. The zero-order valence-corrected chi connectivity index (χ0v) is 18.6. The molecule has 32 heavy (non-hydrogen) atoms. The molecule has 0 amide bonds. The molecule has 3 aromatic rings. The Labute approximate surface area is 189 Å². The Morgan fingerprint density at radius 2 is 1.78 bits per heavy atom. The van der Waals surface area contributed by atoms with Crippen molar-refractivity contribution >= 4 is 10.8 Å². The first-order chi connectivity index (χ1) is 15.6. The van der Waals surface area contributed by atoms with Crippen molar-refractivity contribution in [3.63, 3.8) is 0 Å². The summed E-state index contributed by atoms with van der Waals surface area (Å²) in [6.07, 6.45) is 1.22. The number of aliphatic hydroxyl groups is 1. The van der Waals surface area contributed by atoms with Gasteiger partial charge in [-0.2, -0.15) is 0 Å². The fourth-order valence-electron chi connectivity index (χ4n) is 4.90. The maximum atomic E-state index is 10.6. The summed E-state index contributed by atoms with van der Waals surface area (Å²) in [7, 11) is 0. The molecule has 2 unspecified atom stereocenters. The molecule has 0 aromatic heterocycles. The molecule has 0 saturated carbocycles. The van der Waals surface area contributed by atoms with Gasteiger partial charge in [-0.05, 0) is 37.3 Å². The highest BCUT2D eigenvalue weighted by Crippen LogP contribution is 2.37. The van der Waals surface area contributed by atoms with E-state index in [1.54, 1.807) is 0 Å². The van der Waals surface area contributed by atoms with Crippen LogP contribution in [0.4, 0.5) is 0 Å². The third-order valence-corrected chi connectivity index (χ3v) is 6.88. The van der Waals surface area contributed by atoms with Gasteiger partial charge >= 0.3 is 0 Å². The molecular formula is C27H31NO4. The van der Waals surface area contributed by atoms with Gasteiger partial charge in [-0.15, -0.1) is 0 Å². The third-order valence-electron chi connectivity index (χ3n) is 6.88. The van der Waals surface area contributed by atoms with Crippen LogP contribution in [0, 0.1) is 0 Å². The van der Waals surface area contributed by atoms with E-state index in [-0.39, 0.29) is 18.3 Å². The lowest BCUT2D eigenvalue weighted by atomic mass is 9.86. The van der Waals surface area contributed by atoms with Crippen molar-refractivity contribution in [2.24, 2.45) is 0 Å². The SMILES string of the molecule is CC1Oc2ccccc2COC12CCN(CC(O)COc1cccc3ccccc13)CC2. The minimum Gasteiger partial charge on any atom is -0.490 e. The van der Waals surface area contributed by atoms with E-state index < -0.39 is 6.10 Å². The normalized spacial score (nSPS) is 21.5. The molecule has 2 aliphatic rings.